The molecule has 0 aliphatic carbocycles. The Kier molecular flexibility index (Phi) is 5.03. The maximum absolute atomic E-state index is 13.4. The number of benzene rings is 2. The molecule has 0 aromatic heterocycles. The van der Waals surface area contributed by atoms with Crippen LogP contribution in [0.3, 0.4) is 0 Å². The van der Waals surface area contributed by atoms with Crippen molar-refractivity contribution in [1.29, 1.82) is 0 Å². The Labute approximate surface area is 137 Å². The minimum absolute atomic E-state index is 0.214. The average molecular weight is 357 g/mol. The molecule has 0 radical (unpaired) electrons. The highest BCUT2D eigenvalue weighted by molar-refractivity contribution is 7.92. The van der Waals surface area contributed by atoms with E-state index in [4.69, 9.17) is 9.84 Å². The van der Waals surface area contributed by atoms with E-state index in [0.29, 0.717) is 16.1 Å². The van der Waals surface area contributed by atoms with Crippen molar-refractivity contribution in [2.24, 2.45) is 0 Å². The van der Waals surface area contributed by atoms with E-state index in [1.165, 1.54) is 31.4 Å². The third-order valence-electron chi connectivity index (χ3n) is 3.12. The Morgan fingerprint density at radius 3 is 2.25 bits per heavy atom. The lowest BCUT2D eigenvalue weighted by Gasteiger charge is -2.23. The highest BCUT2D eigenvalue weighted by Crippen LogP contribution is 2.26. The Balaban J connectivity index is 2.52. The SMILES string of the molecule is COc1ccc(S(=O)(=O)N(CC(=O)O)c2ccc(F)c(F)c2)cc1. The van der Waals surface area contributed by atoms with Crippen LogP contribution in [0, 0.1) is 11.6 Å². The van der Waals surface area contributed by atoms with Crippen LogP contribution in [-0.4, -0.2) is 33.1 Å². The van der Waals surface area contributed by atoms with Gasteiger partial charge in [0.05, 0.1) is 17.7 Å². The molecule has 24 heavy (non-hydrogen) atoms. The van der Waals surface area contributed by atoms with Gasteiger partial charge >= 0.3 is 5.97 Å². The molecule has 0 aliphatic heterocycles. The molecule has 0 aliphatic rings. The fourth-order valence-electron chi connectivity index (χ4n) is 1.95. The summed E-state index contributed by atoms with van der Waals surface area (Å²) in [5, 5.41) is 8.97. The molecule has 1 N–H and O–H groups in total. The Hall–Kier alpha value is -2.68. The molecule has 0 heterocycles. The number of sulfonamides is 1. The van der Waals surface area contributed by atoms with Crippen LogP contribution in [0.2, 0.25) is 0 Å². The smallest absolute Gasteiger partial charge is 0.324 e. The van der Waals surface area contributed by atoms with Crippen LogP contribution < -0.4 is 9.04 Å². The second-order valence-corrected chi connectivity index (χ2v) is 6.54. The predicted octanol–water partition coefficient (Wildman–Crippen LogP) is 2.25. The molecule has 0 atom stereocenters. The standard InChI is InChI=1S/C15H13F2NO5S/c1-23-11-3-5-12(6-4-11)24(21,22)18(9-15(19)20)10-2-7-13(16)14(17)8-10/h2-8H,9H2,1H3,(H,19,20). The Bertz CT molecular complexity index is 853. The lowest BCUT2D eigenvalue weighted by Crippen LogP contribution is -2.35. The van der Waals surface area contributed by atoms with Gasteiger partial charge in [0, 0.05) is 6.07 Å². The van der Waals surface area contributed by atoms with Gasteiger partial charge in [-0.3, -0.25) is 9.10 Å². The topological polar surface area (TPSA) is 83.9 Å². The number of aliphatic carboxylic acids is 1. The van der Waals surface area contributed by atoms with Crippen LogP contribution in [-0.2, 0) is 14.8 Å². The molecule has 0 fully saturated rings. The lowest BCUT2D eigenvalue weighted by atomic mass is 10.3. The molecular formula is C15H13F2NO5S. The van der Waals surface area contributed by atoms with Crippen molar-refractivity contribution in [3.63, 3.8) is 0 Å². The summed E-state index contributed by atoms with van der Waals surface area (Å²) in [4.78, 5) is 10.8. The van der Waals surface area contributed by atoms with Gasteiger partial charge < -0.3 is 9.84 Å². The number of halogens is 2. The summed E-state index contributed by atoms with van der Waals surface area (Å²) in [5.74, 6) is -3.49. The second-order valence-electron chi connectivity index (χ2n) is 4.68. The zero-order valence-electron chi connectivity index (χ0n) is 12.4. The lowest BCUT2D eigenvalue weighted by molar-refractivity contribution is -0.135. The van der Waals surface area contributed by atoms with Crippen LogP contribution in [0.25, 0.3) is 0 Å². The van der Waals surface area contributed by atoms with E-state index >= 15 is 0 Å². The Morgan fingerprint density at radius 2 is 1.75 bits per heavy atom. The minimum atomic E-state index is -4.30. The van der Waals surface area contributed by atoms with E-state index in [2.05, 4.69) is 0 Å². The van der Waals surface area contributed by atoms with Gasteiger partial charge in [-0.25, -0.2) is 17.2 Å². The second kappa shape index (κ2) is 6.83. The number of hydrogen-bond acceptors (Lipinski definition) is 4. The van der Waals surface area contributed by atoms with E-state index in [1.54, 1.807) is 0 Å². The highest BCUT2D eigenvalue weighted by Gasteiger charge is 2.27. The van der Waals surface area contributed by atoms with Crippen molar-refractivity contribution in [1.82, 2.24) is 0 Å². The first-order valence-corrected chi connectivity index (χ1v) is 8.03. The predicted molar refractivity (Wildman–Crippen MR) is 81.5 cm³/mol. The molecule has 0 amide bonds. The summed E-state index contributed by atoms with van der Waals surface area (Å²) in [6, 6.07) is 7.56. The van der Waals surface area contributed by atoms with E-state index in [1.807, 2.05) is 0 Å². The van der Waals surface area contributed by atoms with Crippen LogP contribution in [0.4, 0.5) is 14.5 Å². The van der Waals surface area contributed by atoms with Crippen LogP contribution in [0.1, 0.15) is 0 Å². The van der Waals surface area contributed by atoms with Crippen molar-refractivity contribution in [3.05, 3.63) is 54.1 Å². The van der Waals surface area contributed by atoms with Gasteiger partial charge in [-0.05, 0) is 36.4 Å². The molecular weight excluding hydrogens is 344 g/mol. The van der Waals surface area contributed by atoms with Crippen LogP contribution in [0.15, 0.2) is 47.4 Å². The number of methoxy groups -OCH3 is 1. The first-order valence-electron chi connectivity index (χ1n) is 6.59. The number of carboxylic acid groups (broad SMARTS) is 1. The highest BCUT2D eigenvalue weighted by atomic mass is 32.2. The molecule has 0 saturated heterocycles. The average Bonchev–Trinajstić information content (AvgIpc) is 2.55. The zero-order chi connectivity index (χ0) is 17.9. The molecule has 0 saturated carbocycles. The molecule has 2 aromatic carbocycles. The Morgan fingerprint density at radius 1 is 1.12 bits per heavy atom. The summed E-state index contributed by atoms with van der Waals surface area (Å²) in [6.07, 6.45) is 0. The minimum Gasteiger partial charge on any atom is -0.497 e. The number of anilines is 1. The largest absolute Gasteiger partial charge is 0.497 e. The molecule has 0 unspecified atom stereocenters. The molecule has 9 heteroatoms. The number of hydrogen-bond donors (Lipinski definition) is 1. The molecule has 2 rings (SSSR count). The number of ether oxygens (including phenoxy) is 1. The number of carboxylic acids is 1. The van der Waals surface area contributed by atoms with Gasteiger partial charge in [-0.1, -0.05) is 0 Å². The summed E-state index contributed by atoms with van der Waals surface area (Å²) in [6.45, 7) is -0.945. The van der Waals surface area contributed by atoms with Gasteiger partial charge in [0.25, 0.3) is 10.0 Å². The van der Waals surface area contributed by atoms with E-state index in [-0.39, 0.29) is 10.6 Å². The van der Waals surface area contributed by atoms with Crippen molar-refractivity contribution >= 4 is 21.7 Å². The van der Waals surface area contributed by atoms with Gasteiger partial charge in [-0.2, -0.15) is 0 Å². The first-order chi connectivity index (χ1) is 11.3. The van der Waals surface area contributed by atoms with E-state index < -0.39 is 34.2 Å². The third kappa shape index (κ3) is 3.62. The fraction of sp³-hybridized carbons (Fsp3) is 0.133. The van der Waals surface area contributed by atoms with Crippen molar-refractivity contribution in [2.75, 3.05) is 18.0 Å². The van der Waals surface area contributed by atoms with E-state index in [9.17, 15) is 22.0 Å². The number of carbonyl (C=O) groups is 1. The summed E-state index contributed by atoms with van der Waals surface area (Å²) < 4.78 is 57.2. The third-order valence-corrected chi connectivity index (χ3v) is 4.91. The van der Waals surface area contributed by atoms with Gasteiger partial charge in [-0.15, -0.1) is 0 Å². The molecule has 0 bridgehead atoms. The van der Waals surface area contributed by atoms with E-state index in [0.717, 1.165) is 12.1 Å². The summed E-state index contributed by atoms with van der Waals surface area (Å²) in [7, 11) is -2.89. The molecule has 0 spiro atoms. The van der Waals surface area contributed by atoms with Gasteiger partial charge in [0.2, 0.25) is 0 Å². The molecule has 6 nitrogen and oxygen atoms in total. The summed E-state index contributed by atoms with van der Waals surface area (Å²) >= 11 is 0. The molecule has 128 valence electrons. The zero-order valence-corrected chi connectivity index (χ0v) is 13.3. The monoisotopic (exact) mass is 357 g/mol. The first kappa shape index (κ1) is 17.7. The fourth-order valence-corrected chi connectivity index (χ4v) is 3.36. The van der Waals surface area contributed by atoms with Crippen molar-refractivity contribution in [3.8, 4) is 5.75 Å². The van der Waals surface area contributed by atoms with Crippen molar-refractivity contribution in [2.45, 2.75) is 4.90 Å². The normalized spacial score (nSPS) is 11.1. The maximum Gasteiger partial charge on any atom is 0.324 e. The van der Waals surface area contributed by atoms with Crippen LogP contribution in [0.5, 0.6) is 5.75 Å². The van der Waals surface area contributed by atoms with Crippen LogP contribution >= 0.6 is 0 Å². The quantitative estimate of drug-likeness (QED) is 0.857. The molecule has 2 aromatic rings. The number of nitrogens with zero attached hydrogens (tertiary/aromatic N) is 1. The van der Waals surface area contributed by atoms with Gasteiger partial charge in [0.1, 0.15) is 12.3 Å². The van der Waals surface area contributed by atoms with Gasteiger partial charge in [0.15, 0.2) is 11.6 Å². The maximum atomic E-state index is 13.4. The number of rotatable bonds is 6. The summed E-state index contributed by atoms with van der Waals surface area (Å²) in [5.41, 5.74) is -0.299. The van der Waals surface area contributed by atoms with Crippen molar-refractivity contribution < 1.29 is 31.8 Å².